The van der Waals surface area contributed by atoms with Gasteiger partial charge < -0.3 is 4.90 Å². The van der Waals surface area contributed by atoms with Crippen LogP contribution in [0.3, 0.4) is 0 Å². The van der Waals surface area contributed by atoms with Crippen LogP contribution in [0, 0.1) is 6.92 Å². The SMILES string of the molecule is Cc1nn(C)c(C(=O)N2CCN(Cc3ccc(Cl)cc3)CC2)c1Br. The van der Waals surface area contributed by atoms with E-state index >= 15 is 0 Å². The molecule has 5 nitrogen and oxygen atoms in total. The number of hydrogen-bond acceptors (Lipinski definition) is 3. The van der Waals surface area contributed by atoms with E-state index in [1.807, 2.05) is 31.0 Å². The summed E-state index contributed by atoms with van der Waals surface area (Å²) in [4.78, 5) is 17.0. The summed E-state index contributed by atoms with van der Waals surface area (Å²) in [7, 11) is 1.81. The summed E-state index contributed by atoms with van der Waals surface area (Å²) in [6.45, 7) is 5.95. The fourth-order valence-corrected chi connectivity index (χ4v) is 3.60. The third-order valence-corrected chi connectivity index (χ3v) is 5.53. The lowest BCUT2D eigenvalue weighted by Crippen LogP contribution is -2.48. The smallest absolute Gasteiger partial charge is 0.273 e. The molecular weight excluding hydrogens is 392 g/mol. The Morgan fingerprint density at radius 1 is 1.21 bits per heavy atom. The lowest BCUT2D eigenvalue weighted by atomic mass is 10.2. The summed E-state index contributed by atoms with van der Waals surface area (Å²) in [5.74, 6) is 0.0381. The van der Waals surface area contributed by atoms with Gasteiger partial charge in [-0.05, 0) is 40.5 Å². The molecule has 1 saturated heterocycles. The molecule has 1 aliphatic heterocycles. The number of amides is 1. The highest BCUT2D eigenvalue weighted by atomic mass is 79.9. The fourth-order valence-electron chi connectivity index (χ4n) is 2.97. The second-order valence-corrected chi connectivity index (χ2v) is 7.30. The van der Waals surface area contributed by atoms with Crippen LogP contribution in [0.1, 0.15) is 21.7 Å². The highest BCUT2D eigenvalue weighted by Gasteiger charge is 2.26. The summed E-state index contributed by atoms with van der Waals surface area (Å²) in [5, 5.41) is 5.06. The molecule has 2 heterocycles. The fraction of sp³-hybridized carbons (Fsp3) is 0.412. The number of hydrogen-bond donors (Lipinski definition) is 0. The van der Waals surface area contributed by atoms with Crippen LogP contribution in [0.25, 0.3) is 0 Å². The van der Waals surface area contributed by atoms with Gasteiger partial charge in [-0.1, -0.05) is 23.7 Å². The first-order chi connectivity index (χ1) is 11.5. The van der Waals surface area contributed by atoms with Gasteiger partial charge in [0.2, 0.25) is 0 Å². The molecule has 0 bridgehead atoms. The number of halogens is 2. The molecule has 2 aromatic rings. The Morgan fingerprint density at radius 3 is 2.38 bits per heavy atom. The van der Waals surface area contributed by atoms with Gasteiger partial charge in [-0.2, -0.15) is 5.10 Å². The molecule has 1 aliphatic rings. The van der Waals surface area contributed by atoms with Crippen molar-refractivity contribution in [2.24, 2.45) is 7.05 Å². The Balaban J connectivity index is 1.60. The summed E-state index contributed by atoms with van der Waals surface area (Å²) >= 11 is 9.40. The topological polar surface area (TPSA) is 41.4 Å². The summed E-state index contributed by atoms with van der Waals surface area (Å²) in [5.41, 5.74) is 2.70. The zero-order valence-electron chi connectivity index (χ0n) is 13.8. The molecule has 1 aromatic heterocycles. The molecule has 0 unspecified atom stereocenters. The summed E-state index contributed by atoms with van der Waals surface area (Å²) in [6, 6.07) is 7.93. The third-order valence-electron chi connectivity index (χ3n) is 4.33. The van der Waals surface area contributed by atoms with Gasteiger partial charge in [0.1, 0.15) is 5.69 Å². The molecule has 24 heavy (non-hydrogen) atoms. The van der Waals surface area contributed by atoms with Crippen molar-refractivity contribution < 1.29 is 4.79 Å². The first-order valence-electron chi connectivity index (χ1n) is 7.91. The van der Waals surface area contributed by atoms with Crippen LogP contribution in [-0.2, 0) is 13.6 Å². The molecule has 1 fully saturated rings. The summed E-state index contributed by atoms with van der Waals surface area (Å²) < 4.78 is 2.44. The molecule has 3 rings (SSSR count). The second kappa shape index (κ2) is 7.25. The largest absolute Gasteiger partial charge is 0.335 e. The van der Waals surface area contributed by atoms with Gasteiger partial charge in [-0.15, -0.1) is 0 Å². The van der Waals surface area contributed by atoms with Crippen LogP contribution in [0.4, 0.5) is 0 Å². The van der Waals surface area contributed by atoms with E-state index in [1.54, 1.807) is 4.68 Å². The Labute approximate surface area is 155 Å². The first-order valence-corrected chi connectivity index (χ1v) is 9.08. The van der Waals surface area contributed by atoms with Crippen molar-refractivity contribution in [3.63, 3.8) is 0 Å². The van der Waals surface area contributed by atoms with Crippen molar-refractivity contribution in [3.8, 4) is 0 Å². The van der Waals surface area contributed by atoms with E-state index in [4.69, 9.17) is 11.6 Å². The van der Waals surface area contributed by atoms with Gasteiger partial charge in [0.25, 0.3) is 5.91 Å². The quantitative estimate of drug-likeness (QED) is 0.779. The molecule has 0 N–H and O–H groups in total. The van der Waals surface area contributed by atoms with Crippen LogP contribution in [0.2, 0.25) is 5.02 Å². The molecule has 0 spiro atoms. The van der Waals surface area contributed by atoms with Gasteiger partial charge in [-0.3, -0.25) is 14.4 Å². The Kier molecular flexibility index (Phi) is 5.27. The van der Waals surface area contributed by atoms with E-state index in [9.17, 15) is 4.79 Å². The number of carbonyl (C=O) groups is 1. The zero-order valence-corrected chi connectivity index (χ0v) is 16.1. The van der Waals surface area contributed by atoms with E-state index < -0.39 is 0 Å². The first kappa shape index (κ1) is 17.5. The number of aryl methyl sites for hydroxylation is 2. The highest BCUT2D eigenvalue weighted by Crippen LogP contribution is 2.22. The maximum absolute atomic E-state index is 12.8. The van der Waals surface area contributed by atoms with Crippen molar-refractivity contribution in [2.45, 2.75) is 13.5 Å². The predicted molar refractivity (Wildman–Crippen MR) is 98.3 cm³/mol. The second-order valence-electron chi connectivity index (χ2n) is 6.07. The molecule has 0 saturated carbocycles. The lowest BCUT2D eigenvalue weighted by Gasteiger charge is -2.34. The number of aromatic nitrogens is 2. The molecule has 1 aromatic carbocycles. The lowest BCUT2D eigenvalue weighted by molar-refractivity contribution is 0.0617. The molecule has 1 amide bonds. The van der Waals surface area contributed by atoms with Crippen molar-refractivity contribution in [1.29, 1.82) is 0 Å². The highest BCUT2D eigenvalue weighted by molar-refractivity contribution is 9.10. The van der Waals surface area contributed by atoms with Crippen LogP contribution in [0.5, 0.6) is 0 Å². The maximum atomic E-state index is 12.8. The number of nitrogens with zero attached hydrogens (tertiary/aromatic N) is 4. The normalized spacial score (nSPS) is 15.8. The Bertz CT molecular complexity index is 736. The van der Waals surface area contributed by atoms with Crippen LogP contribution in [-0.4, -0.2) is 51.7 Å². The standard InChI is InChI=1S/C17H20BrClN4O/c1-12-15(18)16(21(2)20-12)17(24)23-9-7-22(8-10-23)11-13-3-5-14(19)6-4-13/h3-6H,7-11H2,1-2H3. The van der Waals surface area contributed by atoms with E-state index in [0.29, 0.717) is 5.69 Å². The number of benzene rings is 1. The number of rotatable bonds is 3. The van der Waals surface area contributed by atoms with Crippen molar-refractivity contribution in [3.05, 3.63) is 50.7 Å². The van der Waals surface area contributed by atoms with Crippen LogP contribution >= 0.6 is 27.5 Å². The minimum atomic E-state index is 0.0381. The van der Waals surface area contributed by atoms with Gasteiger partial charge in [-0.25, -0.2) is 0 Å². The monoisotopic (exact) mass is 410 g/mol. The van der Waals surface area contributed by atoms with Gasteiger partial charge >= 0.3 is 0 Å². The number of piperazine rings is 1. The molecule has 128 valence electrons. The molecule has 0 aliphatic carbocycles. The minimum Gasteiger partial charge on any atom is -0.335 e. The van der Waals surface area contributed by atoms with E-state index in [2.05, 4.69) is 38.1 Å². The average molecular weight is 412 g/mol. The average Bonchev–Trinajstić information content (AvgIpc) is 2.82. The molecule has 0 radical (unpaired) electrons. The van der Waals surface area contributed by atoms with Crippen molar-refractivity contribution in [2.75, 3.05) is 26.2 Å². The van der Waals surface area contributed by atoms with Crippen molar-refractivity contribution in [1.82, 2.24) is 19.6 Å². The molecular formula is C17H20BrClN4O. The molecule has 7 heteroatoms. The summed E-state index contributed by atoms with van der Waals surface area (Å²) in [6.07, 6.45) is 0. The van der Waals surface area contributed by atoms with E-state index in [1.165, 1.54) is 5.56 Å². The van der Waals surface area contributed by atoms with Gasteiger partial charge in [0.15, 0.2) is 0 Å². The van der Waals surface area contributed by atoms with Gasteiger partial charge in [0.05, 0.1) is 10.2 Å². The van der Waals surface area contributed by atoms with Gasteiger partial charge in [0, 0.05) is 44.8 Å². The van der Waals surface area contributed by atoms with Crippen molar-refractivity contribution >= 4 is 33.4 Å². The van der Waals surface area contributed by atoms with Crippen LogP contribution in [0.15, 0.2) is 28.7 Å². The number of carbonyl (C=O) groups excluding carboxylic acids is 1. The minimum absolute atomic E-state index is 0.0381. The molecule has 0 atom stereocenters. The predicted octanol–water partition coefficient (Wildman–Crippen LogP) is 3.10. The zero-order chi connectivity index (χ0) is 17.3. The Morgan fingerprint density at radius 2 is 1.83 bits per heavy atom. The van der Waals surface area contributed by atoms with E-state index in [-0.39, 0.29) is 5.91 Å². The Hall–Kier alpha value is -1.37. The third kappa shape index (κ3) is 3.66. The van der Waals surface area contributed by atoms with Crippen LogP contribution < -0.4 is 0 Å². The van der Waals surface area contributed by atoms with E-state index in [0.717, 1.165) is 47.9 Å². The maximum Gasteiger partial charge on any atom is 0.273 e.